The van der Waals surface area contributed by atoms with Gasteiger partial charge in [-0.15, -0.1) is 0 Å². The molecule has 2 aromatic carbocycles. The second-order valence-electron chi connectivity index (χ2n) is 15.7. The number of carboxylic acids is 3. The van der Waals surface area contributed by atoms with Crippen LogP contribution in [0.3, 0.4) is 0 Å². The Morgan fingerprint density at radius 3 is 1.37 bits per heavy atom. The van der Waals surface area contributed by atoms with Gasteiger partial charge in [0.25, 0.3) is 5.60 Å². The van der Waals surface area contributed by atoms with Gasteiger partial charge in [-0.2, -0.15) is 0 Å². The Kier molecular flexibility index (Phi) is 11.5. The number of hydrogen-bond acceptors (Lipinski definition) is 8. The molecule has 6 N–H and O–H groups in total. The molecule has 3 aliphatic heterocycles. The average molecular weight is 752 g/mol. The summed E-state index contributed by atoms with van der Waals surface area (Å²) >= 11 is 0. The number of carbonyl (C=O) groups is 4. The Hall–Kier alpha value is -4.84. The van der Waals surface area contributed by atoms with Gasteiger partial charge in [0.1, 0.15) is 23.0 Å². The number of aliphatic carboxylic acids is 3. The fourth-order valence-electron chi connectivity index (χ4n) is 7.46. The number of Topliss-reactive ketones (excluding diaryl/α,β-unsaturated/α-hetero) is 1. The van der Waals surface area contributed by atoms with Crippen LogP contribution in [0.2, 0.25) is 0 Å². The first-order valence-electron chi connectivity index (χ1n) is 18.2. The van der Waals surface area contributed by atoms with Gasteiger partial charge in [0.2, 0.25) is 17.3 Å². The quantitative estimate of drug-likeness (QED) is 0.208. The van der Waals surface area contributed by atoms with E-state index in [9.17, 15) is 44.7 Å². The number of ether oxygens (including phenoxy) is 3. The number of carbonyl (C=O) groups excluding carboxylic acids is 1. The van der Waals surface area contributed by atoms with Gasteiger partial charge in [-0.3, -0.25) is 4.79 Å². The van der Waals surface area contributed by atoms with Crippen LogP contribution in [-0.4, -0.2) is 76.9 Å². The van der Waals surface area contributed by atoms with Crippen molar-refractivity contribution in [2.45, 2.75) is 145 Å². The van der Waals surface area contributed by atoms with Gasteiger partial charge in [-0.25, -0.2) is 14.4 Å². The van der Waals surface area contributed by atoms with E-state index < -0.39 is 34.7 Å². The fourth-order valence-corrected chi connectivity index (χ4v) is 7.46. The minimum absolute atomic E-state index is 0.0767. The van der Waals surface area contributed by atoms with Gasteiger partial charge in [0.15, 0.2) is 5.78 Å². The van der Waals surface area contributed by atoms with Crippen LogP contribution in [0, 0.1) is 41.5 Å². The van der Waals surface area contributed by atoms with Gasteiger partial charge in [-0.1, -0.05) is 0 Å². The highest BCUT2D eigenvalue weighted by molar-refractivity contribution is 6.10. The Morgan fingerprint density at radius 2 is 1.00 bits per heavy atom. The lowest BCUT2D eigenvalue weighted by Crippen LogP contribution is -2.50. The molecule has 4 atom stereocenters. The lowest BCUT2D eigenvalue weighted by molar-refractivity contribution is -0.227. The summed E-state index contributed by atoms with van der Waals surface area (Å²) in [5.41, 5.74) is 6.55. The van der Waals surface area contributed by atoms with Crippen molar-refractivity contribution >= 4 is 23.7 Å². The van der Waals surface area contributed by atoms with E-state index in [-0.39, 0.29) is 23.4 Å². The highest BCUT2D eigenvalue weighted by atomic mass is 16.5. The zero-order valence-electron chi connectivity index (χ0n) is 33.5. The van der Waals surface area contributed by atoms with E-state index in [0.29, 0.717) is 55.6 Å². The molecule has 294 valence electrons. The third kappa shape index (κ3) is 7.20. The first kappa shape index (κ1) is 41.9. The number of benzene rings is 2. The normalized spacial score (nSPS) is 25.7. The fraction of sp³-hybridized carbons (Fsp3) is 0.524. The predicted molar refractivity (Wildman–Crippen MR) is 202 cm³/mol. The maximum Gasteiger partial charge on any atom is 0.387 e. The van der Waals surface area contributed by atoms with Crippen LogP contribution in [-0.2, 0) is 32.0 Å². The molecule has 0 amide bonds. The van der Waals surface area contributed by atoms with E-state index >= 15 is 0 Å². The minimum atomic E-state index is -1.17. The number of fused-ring (bicyclic) bond motifs is 3. The zero-order valence-corrected chi connectivity index (χ0v) is 33.5. The second-order valence-corrected chi connectivity index (χ2v) is 15.7. The van der Waals surface area contributed by atoms with Crippen LogP contribution in [0.4, 0.5) is 0 Å². The maximum atomic E-state index is 12.0. The van der Waals surface area contributed by atoms with Crippen molar-refractivity contribution in [2.24, 2.45) is 0 Å². The minimum Gasteiger partial charge on any atom is -0.507 e. The van der Waals surface area contributed by atoms with Crippen LogP contribution in [0.15, 0.2) is 22.3 Å². The highest BCUT2D eigenvalue weighted by Gasteiger charge is 2.50. The number of allylic oxidation sites excluding steroid dienone is 2. The molecule has 0 radical (unpaired) electrons. The summed E-state index contributed by atoms with van der Waals surface area (Å²) in [7, 11) is 0. The molecule has 1 aliphatic carbocycles. The lowest BCUT2D eigenvalue weighted by atomic mass is 9.78. The Morgan fingerprint density at radius 1 is 0.593 bits per heavy atom. The van der Waals surface area contributed by atoms with Gasteiger partial charge in [-0.05, 0) is 129 Å². The summed E-state index contributed by atoms with van der Waals surface area (Å²) in [6, 6.07) is 0. The summed E-state index contributed by atoms with van der Waals surface area (Å²) in [5.74, 6) is -0.887. The second kappa shape index (κ2) is 14.8. The molecule has 6 rings (SSSR count). The van der Waals surface area contributed by atoms with Gasteiger partial charge in [0, 0.05) is 59.6 Å². The number of ketones is 1. The number of phenols is 2. The summed E-state index contributed by atoms with van der Waals surface area (Å²) in [6.07, 6.45) is 2.93. The highest BCUT2D eigenvalue weighted by Crippen LogP contribution is 2.45. The molecular formula is C42H55O12+. The van der Waals surface area contributed by atoms with E-state index in [1.54, 1.807) is 27.7 Å². The molecule has 3 heterocycles. The number of hydrogen-bond donors (Lipinski definition) is 5. The third-order valence-electron chi connectivity index (χ3n) is 12.2. The zero-order chi connectivity index (χ0) is 41.0. The largest absolute Gasteiger partial charge is 0.507 e. The van der Waals surface area contributed by atoms with E-state index in [1.165, 1.54) is 0 Å². The summed E-state index contributed by atoms with van der Waals surface area (Å²) in [6.45, 7) is 21.3. The molecule has 0 bridgehead atoms. The van der Waals surface area contributed by atoms with Crippen molar-refractivity contribution in [1.29, 1.82) is 0 Å². The van der Waals surface area contributed by atoms with Crippen molar-refractivity contribution in [2.75, 3.05) is 0 Å². The average Bonchev–Trinajstić information content (AvgIpc) is 3.13. The topological polar surface area (TPSA) is 201 Å². The number of phenolic OH excluding ortho intramolecular Hbond substituents is 2. The summed E-state index contributed by atoms with van der Waals surface area (Å²) in [4.78, 5) is 45.8. The first-order chi connectivity index (χ1) is 24.8. The molecule has 2 aromatic rings. The SMILES string of the molecule is CC1=C(C)C2[OH+]C(C)(C(=O)O)CCC2=C(C)C1=O.Cc1c(C)c2c(c(C)c1O)CCC(C)(C(=O)O)O2.Cc1c(C)c2c(c(C)c1O)CCC(C)(C(=O)O)O2. The molecule has 1 saturated heterocycles. The standard InChI is InChI=1S/3C14H18O4/c3*1-7-8(2)12-10(9(3)11(7)15)5-6-14(4,18-12)13(16)17/h2*15H,5-6H2,1-4H3,(H,16,17);12H,5-6H2,1-4H3,(H,16,17)/p+1. The molecule has 12 heteroatoms. The molecule has 0 saturated carbocycles. The van der Waals surface area contributed by atoms with Gasteiger partial charge >= 0.3 is 17.9 Å². The maximum absolute atomic E-state index is 12.0. The molecule has 54 heavy (non-hydrogen) atoms. The molecule has 4 aliphatic rings. The van der Waals surface area contributed by atoms with Crippen molar-refractivity contribution < 1.29 is 58.9 Å². The summed E-state index contributed by atoms with van der Waals surface area (Å²) in [5, 5.41) is 47.8. The van der Waals surface area contributed by atoms with Crippen molar-refractivity contribution in [3.8, 4) is 23.0 Å². The number of rotatable bonds is 3. The van der Waals surface area contributed by atoms with Crippen LogP contribution >= 0.6 is 0 Å². The van der Waals surface area contributed by atoms with Crippen molar-refractivity contribution in [1.82, 2.24) is 0 Å². The van der Waals surface area contributed by atoms with Crippen molar-refractivity contribution in [3.05, 3.63) is 66.8 Å². The van der Waals surface area contributed by atoms with E-state index in [1.807, 2.05) is 55.4 Å². The Balaban J connectivity index is 0.000000180. The number of aromatic hydroxyl groups is 2. The number of aliphatic hydroxyl groups is 2. The Bertz CT molecular complexity index is 1920. The summed E-state index contributed by atoms with van der Waals surface area (Å²) < 4.78 is 15.9. The molecule has 1 fully saturated rings. The molecule has 0 spiro atoms. The number of carboxylic acid groups (broad SMARTS) is 3. The monoisotopic (exact) mass is 751 g/mol. The van der Waals surface area contributed by atoms with Crippen LogP contribution in [0.25, 0.3) is 0 Å². The van der Waals surface area contributed by atoms with Crippen LogP contribution in [0.5, 0.6) is 23.0 Å². The van der Waals surface area contributed by atoms with E-state index in [4.69, 9.17) is 9.47 Å². The Labute approximate surface area is 316 Å². The van der Waals surface area contributed by atoms with Gasteiger partial charge < -0.3 is 39.7 Å². The van der Waals surface area contributed by atoms with E-state index in [0.717, 1.165) is 61.2 Å². The van der Waals surface area contributed by atoms with Crippen LogP contribution in [0.1, 0.15) is 112 Å². The van der Waals surface area contributed by atoms with Crippen molar-refractivity contribution in [3.63, 3.8) is 0 Å². The van der Waals surface area contributed by atoms with E-state index in [2.05, 4.69) is 4.74 Å². The molecule has 0 aromatic heterocycles. The van der Waals surface area contributed by atoms with Crippen LogP contribution < -0.4 is 9.47 Å². The third-order valence-corrected chi connectivity index (χ3v) is 12.2. The lowest BCUT2D eigenvalue weighted by Gasteiger charge is -2.36. The van der Waals surface area contributed by atoms with Gasteiger partial charge in [0.05, 0.1) is 0 Å². The smallest absolute Gasteiger partial charge is 0.387 e. The predicted octanol–water partition coefficient (Wildman–Crippen LogP) is 6.73. The molecule has 4 unspecified atom stereocenters. The first-order valence-corrected chi connectivity index (χ1v) is 18.2. The molecular weight excluding hydrogens is 696 g/mol. The molecule has 12 nitrogen and oxygen atoms in total.